The fourth-order valence-electron chi connectivity index (χ4n) is 2.26. The average Bonchev–Trinajstić information content (AvgIpc) is 2.70. The molecule has 1 aromatic rings. The summed E-state index contributed by atoms with van der Waals surface area (Å²) in [5.74, 6) is -0.282. The number of rotatable bonds is 1. The van der Waals surface area contributed by atoms with Gasteiger partial charge >= 0.3 is 6.09 Å². The second-order valence-electron chi connectivity index (χ2n) is 6.06. The van der Waals surface area contributed by atoms with Gasteiger partial charge in [0.1, 0.15) is 11.8 Å². The second-order valence-corrected chi connectivity index (χ2v) is 6.98. The maximum Gasteiger partial charge on any atom is 0.410 e. The molecule has 1 amide bonds. The minimum atomic E-state index is -1.05. The zero-order valence-corrected chi connectivity index (χ0v) is 13.5. The van der Waals surface area contributed by atoms with Gasteiger partial charge in [-0.15, -0.1) is 0 Å². The van der Waals surface area contributed by atoms with Crippen molar-refractivity contribution < 1.29 is 13.9 Å². The molecule has 1 fully saturated rings. The molecule has 0 aliphatic carbocycles. The molecule has 1 aliphatic heterocycles. The molecule has 0 spiro atoms. The zero-order valence-electron chi connectivity index (χ0n) is 11.9. The number of alkyl halides is 1. The zero-order chi connectivity index (χ0) is 14.9. The van der Waals surface area contributed by atoms with E-state index in [9.17, 15) is 9.18 Å². The van der Waals surface area contributed by atoms with Gasteiger partial charge in [0.25, 0.3) is 0 Å². The normalized spacial score (nSPS) is 22.9. The van der Waals surface area contributed by atoms with Crippen LogP contribution in [-0.2, 0) is 4.74 Å². The molecule has 0 radical (unpaired) electrons. The van der Waals surface area contributed by atoms with E-state index in [1.54, 1.807) is 20.8 Å². The predicted octanol–water partition coefficient (Wildman–Crippen LogP) is 4.12. The van der Waals surface area contributed by atoms with Crippen LogP contribution in [0.3, 0.4) is 0 Å². The highest BCUT2D eigenvalue weighted by Crippen LogP contribution is 2.31. The number of likely N-dealkylation sites (tertiary alicyclic amines) is 1. The van der Waals surface area contributed by atoms with Crippen LogP contribution in [0.1, 0.15) is 32.3 Å². The van der Waals surface area contributed by atoms with Crippen molar-refractivity contribution in [1.29, 1.82) is 0 Å². The second kappa shape index (κ2) is 5.72. The topological polar surface area (TPSA) is 29.5 Å². The van der Waals surface area contributed by atoms with Crippen LogP contribution in [0.25, 0.3) is 0 Å². The summed E-state index contributed by atoms with van der Waals surface area (Å²) in [5, 5.41) is 0. The molecule has 0 N–H and O–H groups in total. The first-order valence-electron chi connectivity index (χ1n) is 6.64. The highest BCUT2D eigenvalue weighted by Gasteiger charge is 2.38. The van der Waals surface area contributed by atoms with Crippen LogP contribution in [0.2, 0.25) is 0 Å². The first-order chi connectivity index (χ1) is 9.26. The molecule has 1 saturated heterocycles. The van der Waals surface area contributed by atoms with E-state index in [2.05, 4.69) is 15.9 Å². The lowest BCUT2D eigenvalue weighted by molar-refractivity contribution is 0.0283. The Morgan fingerprint density at radius 1 is 1.30 bits per heavy atom. The molecule has 2 atom stereocenters. The molecule has 0 bridgehead atoms. The van der Waals surface area contributed by atoms with Crippen LogP contribution in [0.15, 0.2) is 28.7 Å². The maximum absolute atomic E-state index is 14.2. The van der Waals surface area contributed by atoms with Gasteiger partial charge in [-0.1, -0.05) is 28.1 Å². The summed E-state index contributed by atoms with van der Waals surface area (Å²) in [5.41, 5.74) is 0.352. The van der Waals surface area contributed by atoms with Crippen molar-refractivity contribution in [2.75, 3.05) is 13.1 Å². The van der Waals surface area contributed by atoms with Crippen LogP contribution in [0.4, 0.5) is 9.18 Å². The number of ether oxygens (including phenoxy) is 1. The molecule has 1 aliphatic rings. The molecule has 2 rings (SSSR count). The molecule has 0 unspecified atom stereocenters. The van der Waals surface area contributed by atoms with Crippen molar-refractivity contribution in [3.63, 3.8) is 0 Å². The Kier molecular flexibility index (Phi) is 4.37. The number of halogens is 2. The van der Waals surface area contributed by atoms with E-state index in [4.69, 9.17) is 4.74 Å². The summed E-state index contributed by atoms with van der Waals surface area (Å²) in [6.45, 7) is 5.87. The molecule has 1 aromatic carbocycles. The minimum Gasteiger partial charge on any atom is -0.444 e. The van der Waals surface area contributed by atoms with E-state index in [0.717, 1.165) is 10.0 Å². The lowest BCUT2D eigenvalue weighted by Gasteiger charge is -2.24. The van der Waals surface area contributed by atoms with Crippen LogP contribution in [0, 0.1) is 0 Å². The lowest BCUT2D eigenvalue weighted by atomic mass is 9.97. The predicted molar refractivity (Wildman–Crippen MR) is 79.6 cm³/mol. The molecule has 1 heterocycles. The van der Waals surface area contributed by atoms with Crippen LogP contribution < -0.4 is 0 Å². The molecule has 5 heteroatoms. The highest BCUT2D eigenvalue weighted by molar-refractivity contribution is 9.10. The first-order valence-corrected chi connectivity index (χ1v) is 7.43. The van der Waals surface area contributed by atoms with E-state index in [0.29, 0.717) is 6.54 Å². The Labute approximate surface area is 127 Å². The van der Waals surface area contributed by atoms with Crippen molar-refractivity contribution in [1.82, 2.24) is 4.90 Å². The third kappa shape index (κ3) is 3.72. The van der Waals surface area contributed by atoms with Crippen molar-refractivity contribution in [2.24, 2.45) is 0 Å². The fraction of sp³-hybridized carbons (Fsp3) is 0.533. The summed E-state index contributed by atoms with van der Waals surface area (Å²) in [6.07, 6.45) is -1.50. The average molecular weight is 344 g/mol. The highest BCUT2D eigenvalue weighted by atomic mass is 79.9. The number of carbonyl (C=O) groups excluding carboxylic acids is 1. The van der Waals surface area contributed by atoms with E-state index in [-0.39, 0.29) is 12.5 Å². The largest absolute Gasteiger partial charge is 0.444 e. The molecule has 0 aromatic heterocycles. The molecule has 20 heavy (non-hydrogen) atoms. The number of amides is 1. The Balaban J connectivity index is 2.05. The smallest absolute Gasteiger partial charge is 0.410 e. The number of carbonyl (C=O) groups is 1. The van der Waals surface area contributed by atoms with Gasteiger partial charge in [-0.2, -0.15) is 0 Å². The minimum absolute atomic E-state index is 0.0929. The van der Waals surface area contributed by atoms with Crippen LogP contribution in [-0.4, -0.2) is 35.9 Å². The van der Waals surface area contributed by atoms with E-state index in [1.165, 1.54) is 4.90 Å². The number of hydrogen-bond donors (Lipinski definition) is 0. The Bertz CT molecular complexity index is 484. The summed E-state index contributed by atoms with van der Waals surface area (Å²) in [6, 6.07) is 7.55. The number of benzene rings is 1. The van der Waals surface area contributed by atoms with E-state index < -0.39 is 17.9 Å². The van der Waals surface area contributed by atoms with Crippen LogP contribution in [0.5, 0.6) is 0 Å². The summed E-state index contributed by atoms with van der Waals surface area (Å²) in [7, 11) is 0. The molecule has 0 saturated carbocycles. The molecule has 110 valence electrons. The van der Waals surface area contributed by atoms with E-state index >= 15 is 0 Å². The van der Waals surface area contributed by atoms with Gasteiger partial charge in [0, 0.05) is 16.9 Å². The molecule has 3 nitrogen and oxygen atoms in total. The maximum atomic E-state index is 14.2. The van der Waals surface area contributed by atoms with E-state index in [1.807, 2.05) is 24.3 Å². The van der Waals surface area contributed by atoms with Gasteiger partial charge < -0.3 is 9.64 Å². The molecular formula is C15H19BrFNO2. The van der Waals surface area contributed by atoms with Crippen molar-refractivity contribution in [2.45, 2.75) is 38.5 Å². The molecular weight excluding hydrogens is 325 g/mol. The summed E-state index contributed by atoms with van der Waals surface area (Å²) < 4.78 is 20.4. The Morgan fingerprint density at radius 2 is 1.90 bits per heavy atom. The van der Waals surface area contributed by atoms with Gasteiger partial charge in [0.2, 0.25) is 0 Å². The SMILES string of the molecule is CC(C)(C)OC(=O)N1C[C@H](F)[C@H](c2ccc(Br)cc2)C1. The summed E-state index contributed by atoms with van der Waals surface area (Å²) in [4.78, 5) is 13.4. The standard InChI is InChI=1S/C15H19BrFNO2/c1-15(2,3)20-14(19)18-8-12(13(17)9-18)10-4-6-11(16)7-5-10/h4-7,12-13H,8-9H2,1-3H3/t12-,13-/m0/s1. The third-order valence-electron chi connectivity index (χ3n) is 3.20. The Morgan fingerprint density at radius 3 is 2.45 bits per heavy atom. The van der Waals surface area contributed by atoms with Crippen molar-refractivity contribution in [3.05, 3.63) is 34.3 Å². The lowest BCUT2D eigenvalue weighted by Crippen LogP contribution is -2.35. The van der Waals surface area contributed by atoms with Crippen molar-refractivity contribution >= 4 is 22.0 Å². The Hall–Kier alpha value is -1.10. The van der Waals surface area contributed by atoms with Gasteiger partial charge in [-0.05, 0) is 38.5 Å². The van der Waals surface area contributed by atoms with Gasteiger partial charge in [0.05, 0.1) is 6.54 Å². The number of hydrogen-bond acceptors (Lipinski definition) is 2. The van der Waals surface area contributed by atoms with Gasteiger partial charge in [0.15, 0.2) is 0 Å². The van der Waals surface area contributed by atoms with Crippen molar-refractivity contribution in [3.8, 4) is 0 Å². The fourth-order valence-corrected chi connectivity index (χ4v) is 2.53. The third-order valence-corrected chi connectivity index (χ3v) is 3.73. The number of nitrogens with zero attached hydrogens (tertiary/aromatic N) is 1. The summed E-state index contributed by atoms with van der Waals surface area (Å²) >= 11 is 3.36. The van der Waals surface area contributed by atoms with Crippen LogP contribution >= 0.6 is 15.9 Å². The monoisotopic (exact) mass is 343 g/mol. The quantitative estimate of drug-likeness (QED) is 0.767. The first kappa shape index (κ1) is 15.3. The van der Waals surface area contributed by atoms with Gasteiger partial charge in [-0.3, -0.25) is 0 Å². The van der Waals surface area contributed by atoms with Gasteiger partial charge in [-0.25, -0.2) is 9.18 Å².